The number of unbranched alkanes of at least 4 members (excludes halogenated alkanes) is 4. The van der Waals surface area contributed by atoms with Gasteiger partial charge in [0.15, 0.2) is 0 Å². The van der Waals surface area contributed by atoms with Gasteiger partial charge in [-0.1, -0.05) is 46.5 Å². The van der Waals surface area contributed by atoms with Gasteiger partial charge in [-0.15, -0.1) is 0 Å². The summed E-state index contributed by atoms with van der Waals surface area (Å²) in [7, 11) is 0. The molecule has 1 saturated heterocycles. The van der Waals surface area contributed by atoms with E-state index >= 15 is 0 Å². The summed E-state index contributed by atoms with van der Waals surface area (Å²) in [5, 5.41) is 7.38. The quantitative estimate of drug-likeness (QED) is 0.570. The van der Waals surface area contributed by atoms with Gasteiger partial charge in [0.25, 0.3) is 0 Å². The molecule has 4 rings (SSSR count). The lowest BCUT2D eigenvalue weighted by Crippen LogP contribution is -2.61. The first kappa shape index (κ1) is 20.7. The van der Waals surface area contributed by atoms with E-state index in [1.165, 1.54) is 77.2 Å². The predicted octanol–water partition coefficient (Wildman–Crippen LogP) is 5.44. The molecule has 4 fully saturated rings. The molecule has 1 aliphatic heterocycles. The molecule has 0 spiro atoms. The molecular formula is C25H44N2O. The monoisotopic (exact) mass is 388 g/mol. The van der Waals surface area contributed by atoms with Gasteiger partial charge in [-0.05, 0) is 86.5 Å². The Morgan fingerprint density at radius 1 is 0.929 bits per heavy atom. The summed E-state index contributed by atoms with van der Waals surface area (Å²) in [6.07, 6.45) is 16.9. The molecule has 4 aliphatic rings. The number of piperidine rings is 1. The molecule has 0 radical (unpaired) electrons. The minimum absolute atomic E-state index is 0.297. The predicted molar refractivity (Wildman–Crippen MR) is 116 cm³/mol. The fourth-order valence-corrected chi connectivity index (χ4v) is 8.04. The number of rotatable bonds is 7. The van der Waals surface area contributed by atoms with Gasteiger partial charge in [-0.2, -0.15) is 0 Å². The number of hydrogen-bond donors (Lipinski definition) is 2. The van der Waals surface area contributed by atoms with Crippen LogP contribution in [0, 0.1) is 28.6 Å². The summed E-state index contributed by atoms with van der Waals surface area (Å²) in [6, 6.07) is 1.18. The molecule has 3 aliphatic carbocycles. The van der Waals surface area contributed by atoms with Gasteiger partial charge in [-0.25, -0.2) is 0 Å². The van der Waals surface area contributed by atoms with E-state index in [0.29, 0.717) is 22.8 Å². The summed E-state index contributed by atoms with van der Waals surface area (Å²) < 4.78 is 0. The van der Waals surface area contributed by atoms with Crippen molar-refractivity contribution in [2.45, 2.75) is 116 Å². The Balaban J connectivity index is 1.37. The Kier molecular flexibility index (Phi) is 6.12. The summed E-state index contributed by atoms with van der Waals surface area (Å²) in [4.78, 5) is 12.0. The molecule has 0 bridgehead atoms. The van der Waals surface area contributed by atoms with Crippen molar-refractivity contribution >= 4 is 5.91 Å². The number of hydrogen-bond acceptors (Lipinski definition) is 2. The maximum Gasteiger partial charge on any atom is 0.220 e. The van der Waals surface area contributed by atoms with E-state index in [2.05, 4.69) is 31.4 Å². The molecule has 3 nitrogen and oxygen atoms in total. The van der Waals surface area contributed by atoms with Crippen LogP contribution >= 0.6 is 0 Å². The van der Waals surface area contributed by atoms with E-state index in [4.69, 9.17) is 0 Å². The SMILES string of the molecule is CCCCCCCN[C@H]1CC[C@H]2[C@@H]3CC[C@H]4NC(=O)CC[C@]4(C)[C@H]3CC[C@]12C. The van der Waals surface area contributed by atoms with Crippen LogP contribution in [0.5, 0.6) is 0 Å². The van der Waals surface area contributed by atoms with Gasteiger partial charge in [0, 0.05) is 18.5 Å². The smallest absolute Gasteiger partial charge is 0.220 e. The molecule has 2 N–H and O–H groups in total. The summed E-state index contributed by atoms with van der Waals surface area (Å²) in [5.74, 6) is 2.92. The van der Waals surface area contributed by atoms with Crippen molar-refractivity contribution in [3.05, 3.63) is 0 Å². The van der Waals surface area contributed by atoms with Crippen molar-refractivity contribution in [2.24, 2.45) is 28.6 Å². The minimum Gasteiger partial charge on any atom is -0.353 e. The molecular weight excluding hydrogens is 344 g/mol. The van der Waals surface area contributed by atoms with Gasteiger partial charge in [-0.3, -0.25) is 4.79 Å². The van der Waals surface area contributed by atoms with Crippen LogP contribution in [0.15, 0.2) is 0 Å². The highest BCUT2D eigenvalue weighted by molar-refractivity contribution is 5.77. The van der Waals surface area contributed by atoms with Gasteiger partial charge in [0.05, 0.1) is 0 Å². The van der Waals surface area contributed by atoms with Crippen LogP contribution in [-0.4, -0.2) is 24.5 Å². The molecule has 0 aromatic rings. The zero-order valence-electron chi connectivity index (χ0n) is 18.7. The third-order valence-corrected chi connectivity index (χ3v) is 9.77. The van der Waals surface area contributed by atoms with Crippen LogP contribution in [0.2, 0.25) is 0 Å². The van der Waals surface area contributed by atoms with Crippen LogP contribution in [0.3, 0.4) is 0 Å². The van der Waals surface area contributed by atoms with Crippen LogP contribution in [-0.2, 0) is 4.79 Å². The highest BCUT2D eigenvalue weighted by atomic mass is 16.1. The summed E-state index contributed by atoms with van der Waals surface area (Å²) >= 11 is 0. The second-order valence-electron chi connectivity index (χ2n) is 11.1. The van der Waals surface area contributed by atoms with Crippen molar-refractivity contribution in [2.75, 3.05) is 6.54 Å². The second-order valence-corrected chi connectivity index (χ2v) is 11.1. The first-order valence-electron chi connectivity index (χ1n) is 12.5. The molecule has 0 aromatic heterocycles. The van der Waals surface area contributed by atoms with E-state index in [0.717, 1.165) is 36.6 Å². The molecule has 3 saturated carbocycles. The maximum atomic E-state index is 12.0. The fourth-order valence-electron chi connectivity index (χ4n) is 8.04. The van der Waals surface area contributed by atoms with Crippen LogP contribution in [0.1, 0.15) is 104 Å². The van der Waals surface area contributed by atoms with E-state index in [1.54, 1.807) is 0 Å². The number of carbonyl (C=O) groups is 1. The van der Waals surface area contributed by atoms with Gasteiger partial charge in [0.1, 0.15) is 0 Å². The molecule has 28 heavy (non-hydrogen) atoms. The fraction of sp³-hybridized carbons (Fsp3) is 0.960. The van der Waals surface area contributed by atoms with E-state index in [9.17, 15) is 4.79 Å². The van der Waals surface area contributed by atoms with Crippen LogP contribution in [0.4, 0.5) is 0 Å². The van der Waals surface area contributed by atoms with E-state index in [1.807, 2.05) is 0 Å². The van der Waals surface area contributed by atoms with E-state index < -0.39 is 0 Å². The zero-order valence-corrected chi connectivity index (χ0v) is 18.7. The van der Waals surface area contributed by atoms with Crippen molar-refractivity contribution in [1.29, 1.82) is 0 Å². The topological polar surface area (TPSA) is 41.1 Å². The van der Waals surface area contributed by atoms with Gasteiger partial charge >= 0.3 is 0 Å². The van der Waals surface area contributed by atoms with Crippen molar-refractivity contribution in [3.63, 3.8) is 0 Å². The normalized spacial score (nSPS) is 45.1. The number of fused-ring (bicyclic) bond motifs is 5. The zero-order chi connectivity index (χ0) is 19.8. The van der Waals surface area contributed by atoms with Crippen molar-refractivity contribution < 1.29 is 4.79 Å². The molecule has 7 atom stereocenters. The number of carbonyl (C=O) groups excluding carboxylic acids is 1. The van der Waals surface area contributed by atoms with Gasteiger partial charge in [0.2, 0.25) is 5.91 Å². The molecule has 3 heteroatoms. The highest BCUT2D eigenvalue weighted by Gasteiger charge is 2.60. The average Bonchev–Trinajstić information content (AvgIpc) is 3.01. The first-order chi connectivity index (χ1) is 13.5. The number of nitrogens with one attached hydrogen (secondary N) is 2. The molecule has 160 valence electrons. The third-order valence-electron chi connectivity index (χ3n) is 9.77. The Labute approximate surface area is 173 Å². The van der Waals surface area contributed by atoms with Crippen LogP contribution in [0.25, 0.3) is 0 Å². The molecule has 0 aromatic carbocycles. The average molecular weight is 389 g/mol. The lowest BCUT2D eigenvalue weighted by molar-refractivity contribution is -0.136. The standard InChI is InChI=1S/C25H44N2O/c1-4-5-6-7-8-17-26-21-12-10-19-18-9-11-22-25(3,16-14-23(28)27-22)20(18)13-15-24(19,21)2/h18-22,26H,4-17H2,1-3H3,(H,27,28)/t18-,19-,20-,21-,22+,24-,25+/m0/s1. The molecule has 0 unspecified atom stereocenters. The molecule has 1 amide bonds. The first-order valence-corrected chi connectivity index (χ1v) is 12.5. The Bertz CT molecular complexity index is 563. The maximum absolute atomic E-state index is 12.0. The lowest BCUT2D eigenvalue weighted by atomic mass is 9.47. The van der Waals surface area contributed by atoms with Gasteiger partial charge < -0.3 is 10.6 Å². The largest absolute Gasteiger partial charge is 0.353 e. The minimum atomic E-state index is 0.297. The Morgan fingerprint density at radius 3 is 2.54 bits per heavy atom. The summed E-state index contributed by atoms with van der Waals surface area (Å²) in [6.45, 7) is 8.64. The molecule has 1 heterocycles. The third kappa shape index (κ3) is 3.55. The Morgan fingerprint density at radius 2 is 1.71 bits per heavy atom. The van der Waals surface area contributed by atoms with E-state index in [-0.39, 0.29) is 0 Å². The Hall–Kier alpha value is -0.570. The van der Waals surface area contributed by atoms with Crippen LogP contribution < -0.4 is 10.6 Å². The lowest BCUT2D eigenvalue weighted by Gasteiger charge is -2.60. The highest BCUT2D eigenvalue weighted by Crippen LogP contribution is 2.63. The number of amides is 1. The van der Waals surface area contributed by atoms with Crippen molar-refractivity contribution in [3.8, 4) is 0 Å². The second kappa shape index (κ2) is 8.28. The summed E-state index contributed by atoms with van der Waals surface area (Å²) in [5.41, 5.74) is 0.856. The van der Waals surface area contributed by atoms with Crippen molar-refractivity contribution in [1.82, 2.24) is 10.6 Å².